The molecule has 6 nitrogen and oxygen atoms in total. The van der Waals surface area contributed by atoms with E-state index in [1.54, 1.807) is 0 Å². The maximum absolute atomic E-state index is 12.7. The molecular weight excluding hydrogens is 425 g/mol. The number of hydrogen-bond donors (Lipinski definition) is 2. The van der Waals surface area contributed by atoms with Crippen LogP contribution in [-0.4, -0.2) is 95.1 Å². The van der Waals surface area contributed by atoms with Crippen molar-refractivity contribution in [3.05, 3.63) is 28.3 Å². The fraction of sp³-hybridized carbons (Fsp3) is 0.682. The molecule has 1 saturated heterocycles. The van der Waals surface area contributed by atoms with E-state index in [0.29, 0.717) is 18.9 Å². The molecule has 1 aliphatic heterocycles. The second-order valence-corrected chi connectivity index (χ2v) is 11.8. The van der Waals surface area contributed by atoms with E-state index in [0.717, 1.165) is 57.3 Å². The van der Waals surface area contributed by atoms with Gasteiger partial charge in [-0.3, -0.25) is 4.90 Å². The molecule has 0 unspecified atom stereocenters. The zero-order valence-electron chi connectivity index (χ0n) is 18.4. The Hall–Kier alpha value is 0.0364. The number of anilines is 1. The average molecular weight is 457 g/mol. The molecule has 3 aliphatic carbocycles. The molecule has 1 aromatic rings. The summed E-state index contributed by atoms with van der Waals surface area (Å²) in [5.41, 5.74) is 6.11. The Kier molecular flexibility index (Phi) is 6.52. The third kappa shape index (κ3) is 4.06. The van der Waals surface area contributed by atoms with Crippen molar-refractivity contribution in [3.63, 3.8) is 0 Å². The fourth-order valence-corrected chi connectivity index (χ4v) is 7.51. The van der Waals surface area contributed by atoms with Crippen molar-refractivity contribution in [2.45, 2.75) is 76.5 Å². The Morgan fingerprint density at radius 1 is 1.07 bits per heavy atom. The number of benzene rings is 1. The van der Waals surface area contributed by atoms with E-state index in [9.17, 15) is 13.2 Å². The molecule has 2 fully saturated rings. The molecule has 1 spiro atoms. The van der Waals surface area contributed by atoms with E-state index in [4.69, 9.17) is 0 Å². The molecule has 2 N–H and O–H groups in total. The molecule has 0 aromatic heterocycles. The first-order chi connectivity index (χ1) is 13.8. The van der Waals surface area contributed by atoms with Crippen LogP contribution in [0.25, 0.3) is 0 Å². The summed E-state index contributed by atoms with van der Waals surface area (Å²) in [6.45, 7) is 6.29. The van der Waals surface area contributed by atoms with Gasteiger partial charge in [0.15, 0.2) is 0 Å². The van der Waals surface area contributed by atoms with Crippen molar-refractivity contribution in [1.29, 1.82) is 0 Å². The monoisotopic (exact) mass is 456 g/mol. The fourth-order valence-electron chi connectivity index (χ4n) is 5.88. The number of rotatable bonds is 4. The van der Waals surface area contributed by atoms with E-state index in [1.165, 1.54) is 22.3 Å². The SMILES string of the molecule is CC(C)N1CC2(CC(S(=O)(=O)NC(=O)Nc3c4c(cc5c3CCC5)CCC4)C2)C1.[K]. The van der Waals surface area contributed by atoms with E-state index < -0.39 is 21.3 Å². The first-order valence-electron chi connectivity index (χ1n) is 11.0. The van der Waals surface area contributed by atoms with Crippen LogP contribution in [-0.2, 0) is 35.7 Å². The predicted molar refractivity (Wildman–Crippen MR) is 119 cm³/mol. The molecule has 2 amide bonds. The Labute approximate surface area is 222 Å². The van der Waals surface area contributed by atoms with E-state index in [-0.39, 0.29) is 56.8 Å². The molecule has 1 saturated carbocycles. The third-order valence-corrected chi connectivity index (χ3v) is 9.19. The first-order valence-corrected chi connectivity index (χ1v) is 12.5. The maximum Gasteiger partial charge on any atom is 0.332 e. The van der Waals surface area contributed by atoms with Gasteiger partial charge in [-0.05, 0) is 92.9 Å². The van der Waals surface area contributed by atoms with Crippen LogP contribution in [0.4, 0.5) is 10.5 Å². The number of nitrogens with one attached hydrogen (secondary N) is 2. The molecule has 0 bridgehead atoms. The summed E-state index contributed by atoms with van der Waals surface area (Å²) in [4.78, 5) is 15.0. The van der Waals surface area contributed by atoms with E-state index in [2.05, 4.69) is 34.9 Å². The topological polar surface area (TPSA) is 78.5 Å². The first kappa shape index (κ1) is 23.2. The van der Waals surface area contributed by atoms with Gasteiger partial charge in [0.05, 0.1) is 5.25 Å². The number of carbonyl (C=O) groups is 1. The predicted octanol–water partition coefficient (Wildman–Crippen LogP) is 2.61. The van der Waals surface area contributed by atoms with Crippen LogP contribution < -0.4 is 10.0 Å². The molecule has 0 atom stereocenters. The van der Waals surface area contributed by atoms with Crippen LogP contribution in [0, 0.1) is 5.41 Å². The largest absolute Gasteiger partial charge is 0.332 e. The Morgan fingerprint density at radius 3 is 2.17 bits per heavy atom. The number of carbonyl (C=O) groups excluding carboxylic acids is 1. The van der Waals surface area contributed by atoms with Crippen LogP contribution in [0.1, 0.15) is 61.8 Å². The summed E-state index contributed by atoms with van der Waals surface area (Å²) >= 11 is 0. The Balaban J connectivity index is 0.00000218. The van der Waals surface area contributed by atoms with Crippen molar-refractivity contribution >= 4 is 73.1 Å². The molecule has 4 aliphatic rings. The van der Waals surface area contributed by atoms with Crippen LogP contribution >= 0.6 is 0 Å². The van der Waals surface area contributed by atoms with Gasteiger partial charge in [0.1, 0.15) is 0 Å². The number of likely N-dealkylation sites (tertiary alicyclic amines) is 1. The van der Waals surface area contributed by atoms with Crippen LogP contribution in [0.5, 0.6) is 0 Å². The van der Waals surface area contributed by atoms with Gasteiger partial charge in [0.25, 0.3) is 0 Å². The minimum Gasteiger partial charge on any atom is -0.307 e. The summed E-state index contributed by atoms with van der Waals surface area (Å²) in [6, 6.07) is 2.21. The number of amides is 2. The number of urea groups is 1. The van der Waals surface area contributed by atoms with Gasteiger partial charge in [-0.15, -0.1) is 0 Å². The molecule has 1 aromatic carbocycles. The van der Waals surface area contributed by atoms with Crippen molar-refractivity contribution in [1.82, 2.24) is 9.62 Å². The van der Waals surface area contributed by atoms with Crippen molar-refractivity contribution in [2.24, 2.45) is 5.41 Å². The number of aryl methyl sites for hydroxylation is 2. The molecule has 8 heteroatoms. The summed E-state index contributed by atoms with van der Waals surface area (Å²) in [5.74, 6) is 0. The molecule has 159 valence electrons. The normalized spacial score (nSPS) is 22.1. The zero-order chi connectivity index (χ0) is 20.4. The van der Waals surface area contributed by atoms with Gasteiger partial charge >= 0.3 is 6.03 Å². The van der Waals surface area contributed by atoms with Gasteiger partial charge in [-0.25, -0.2) is 17.9 Å². The molecule has 1 radical (unpaired) electrons. The maximum atomic E-state index is 12.7. The van der Waals surface area contributed by atoms with Crippen molar-refractivity contribution in [3.8, 4) is 0 Å². The minimum absolute atomic E-state index is 0. The number of sulfonamides is 1. The van der Waals surface area contributed by atoms with Crippen LogP contribution in [0.2, 0.25) is 0 Å². The van der Waals surface area contributed by atoms with Crippen LogP contribution in [0.3, 0.4) is 0 Å². The summed E-state index contributed by atoms with van der Waals surface area (Å²) < 4.78 is 27.8. The number of fused-ring (bicyclic) bond motifs is 2. The zero-order valence-corrected chi connectivity index (χ0v) is 22.3. The van der Waals surface area contributed by atoms with E-state index >= 15 is 0 Å². The van der Waals surface area contributed by atoms with Gasteiger partial charge < -0.3 is 5.32 Å². The molecule has 5 rings (SSSR count). The van der Waals surface area contributed by atoms with Gasteiger partial charge in [0.2, 0.25) is 10.0 Å². The van der Waals surface area contributed by atoms with Gasteiger partial charge in [0, 0.05) is 76.2 Å². The van der Waals surface area contributed by atoms with Gasteiger partial charge in [-0.2, -0.15) is 0 Å². The molecule has 1 heterocycles. The number of nitrogens with zero attached hydrogens (tertiary/aromatic N) is 1. The summed E-state index contributed by atoms with van der Waals surface area (Å²) in [6.07, 6.45) is 7.55. The summed E-state index contributed by atoms with van der Waals surface area (Å²) in [5, 5.41) is 2.49. The van der Waals surface area contributed by atoms with E-state index in [1.807, 2.05) is 0 Å². The van der Waals surface area contributed by atoms with Crippen molar-refractivity contribution in [2.75, 3.05) is 18.4 Å². The summed E-state index contributed by atoms with van der Waals surface area (Å²) in [7, 11) is -3.64. The standard InChI is InChI=1S/C22H31N3O3S.K/c1-14(2)25-12-22(13-25)10-17(11-22)29(27,28)24-21(26)23-20-18-7-3-5-15(18)9-16-6-4-8-19(16)20;/h9,14,17H,3-8,10-13H2,1-2H3,(H2,23,24,26);. The van der Waals surface area contributed by atoms with Crippen LogP contribution in [0.15, 0.2) is 6.07 Å². The minimum atomic E-state index is -3.64. The molecule has 30 heavy (non-hydrogen) atoms. The number of hydrogen-bond acceptors (Lipinski definition) is 4. The second kappa shape index (κ2) is 8.43. The quantitative estimate of drug-likeness (QED) is 0.683. The third-order valence-electron chi connectivity index (χ3n) is 7.51. The van der Waals surface area contributed by atoms with Gasteiger partial charge in [-0.1, -0.05) is 6.07 Å². The smallest absolute Gasteiger partial charge is 0.307 e. The molecular formula is C22H31KN3O3S. The average Bonchev–Trinajstić information content (AvgIpc) is 3.19. The Morgan fingerprint density at radius 2 is 1.63 bits per heavy atom. The Bertz CT molecular complexity index is 930. The van der Waals surface area contributed by atoms with Crippen molar-refractivity contribution < 1.29 is 13.2 Å². The second-order valence-electron chi connectivity index (χ2n) is 9.86.